The second kappa shape index (κ2) is 8.40. The smallest absolute Gasteiger partial charge is 0.258 e. The van der Waals surface area contributed by atoms with Gasteiger partial charge in [-0.2, -0.15) is 5.10 Å². The number of nitrogens with zero attached hydrogens (tertiary/aromatic N) is 3. The maximum Gasteiger partial charge on any atom is 0.258 e. The predicted molar refractivity (Wildman–Crippen MR) is 120 cm³/mol. The van der Waals surface area contributed by atoms with Crippen molar-refractivity contribution in [3.8, 4) is 0 Å². The lowest BCUT2D eigenvalue weighted by Gasteiger charge is -2.31. The average molecular weight is 440 g/mol. The minimum absolute atomic E-state index is 0.144. The Kier molecular flexibility index (Phi) is 5.46. The summed E-state index contributed by atoms with van der Waals surface area (Å²) < 4.78 is 13.4. The summed E-state index contributed by atoms with van der Waals surface area (Å²) in [4.78, 5) is 22.2. The average Bonchev–Trinajstić information content (AvgIpc) is 3.18. The summed E-state index contributed by atoms with van der Waals surface area (Å²) >= 11 is 5.97. The largest absolute Gasteiger partial charge is 0.310 e. The number of likely N-dealkylation sites (tertiary alicyclic amines) is 1. The van der Waals surface area contributed by atoms with E-state index >= 15 is 0 Å². The highest BCUT2D eigenvalue weighted by atomic mass is 35.5. The first kappa shape index (κ1) is 20.2. The maximum atomic E-state index is 13.4. The Bertz CT molecular complexity index is 1290. The fraction of sp³-hybridized carbons (Fsp3) is 0.348. The molecule has 8 heteroatoms. The third-order valence-electron chi connectivity index (χ3n) is 6.15. The molecule has 1 aliphatic heterocycles. The fourth-order valence-electron chi connectivity index (χ4n) is 4.51. The molecule has 2 N–H and O–H groups in total. The molecule has 0 unspecified atom stereocenters. The van der Waals surface area contributed by atoms with E-state index in [-0.39, 0.29) is 11.4 Å². The van der Waals surface area contributed by atoms with Crippen LogP contribution in [0.2, 0.25) is 5.02 Å². The number of H-pyrrole nitrogens is 2. The maximum absolute atomic E-state index is 13.4. The van der Waals surface area contributed by atoms with E-state index < -0.39 is 0 Å². The van der Waals surface area contributed by atoms with Gasteiger partial charge in [-0.05, 0) is 69.2 Å². The van der Waals surface area contributed by atoms with Crippen molar-refractivity contribution in [2.75, 3.05) is 19.6 Å². The van der Waals surface area contributed by atoms with Crippen LogP contribution < -0.4 is 5.56 Å². The second-order valence-corrected chi connectivity index (χ2v) is 8.63. The van der Waals surface area contributed by atoms with Gasteiger partial charge in [0.1, 0.15) is 11.6 Å². The van der Waals surface area contributed by atoms with E-state index in [9.17, 15) is 9.18 Å². The molecule has 0 aliphatic carbocycles. The van der Waals surface area contributed by atoms with Crippen molar-refractivity contribution < 1.29 is 4.39 Å². The van der Waals surface area contributed by atoms with Crippen molar-refractivity contribution in [2.45, 2.75) is 31.6 Å². The second-order valence-electron chi connectivity index (χ2n) is 8.19. The van der Waals surface area contributed by atoms with Gasteiger partial charge in [-0.3, -0.25) is 9.89 Å². The molecule has 0 amide bonds. The van der Waals surface area contributed by atoms with E-state index in [2.05, 4.69) is 25.1 Å². The molecule has 2 aromatic heterocycles. The molecule has 1 saturated heterocycles. The SMILES string of the molecule is O=c1[nH]c(CCCN2CCC(c3[nH]nc4cc(F)ccc34)CC2)nc2ccc(Cl)cc12. The van der Waals surface area contributed by atoms with E-state index in [1.165, 1.54) is 12.1 Å². The Morgan fingerprint density at radius 2 is 1.94 bits per heavy atom. The number of benzene rings is 2. The van der Waals surface area contributed by atoms with Crippen molar-refractivity contribution in [3.63, 3.8) is 0 Å². The fourth-order valence-corrected chi connectivity index (χ4v) is 4.68. The van der Waals surface area contributed by atoms with Crippen LogP contribution in [0, 0.1) is 5.82 Å². The summed E-state index contributed by atoms with van der Waals surface area (Å²) in [6.07, 6.45) is 3.74. The lowest BCUT2D eigenvalue weighted by atomic mass is 9.91. The molecule has 0 bridgehead atoms. The number of nitrogens with one attached hydrogen (secondary N) is 2. The van der Waals surface area contributed by atoms with Crippen molar-refractivity contribution in [1.82, 2.24) is 25.1 Å². The molecule has 3 heterocycles. The van der Waals surface area contributed by atoms with Gasteiger partial charge in [0.25, 0.3) is 5.56 Å². The van der Waals surface area contributed by atoms with Gasteiger partial charge in [-0.25, -0.2) is 9.37 Å². The molecule has 160 valence electrons. The van der Waals surface area contributed by atoms with Gasteiger partial charge in [0.2, 0.25) is 0 Å². The topological polar surface area (TPSA) is 77.7 Å². The molecule has 6 nitrogen and oxygen atoms in total. The molecular weight excluding hydrogens is 417 g/mol. The number of piperidine rings is 1. The lowest BCUT2D eigenvalue weighted by Crippen LogP contribution is -2.34. The van der Waals surface area contributed by atoms with Gasteiger partial charge in [-0.1, -0.05) is 11.6 Å². The Balaban J connectivity index is 1.16. The van der Waals surface area contributed by atoms with Crippen LogP contribution in [0.15, 0.2) is 41.2 Å². The zero-order valence-electron chi connectivity index (χ0n) is 17.0. The van der Waals surface area contributed by atoms with E-state index in [1.54, 1.807) is 18.2 Å². The zero-order chi connectivity index (χ0) is 21.4. The molecule has 31 heavy (non-hydrogen) atoms. The Morgan fingerprint density at radius 3 is 2.77 bits per heavy atom. The summed E-state index contributed by atoms with van der Waals surface area (Å²) in [6.45, 7) is 2.98. The van der Waals surface area contributed by atoms with Gasteiger partial charge >= 0.3 is 0 Å². The van der Waals surface area contributed by atoms with Gasteiger partial charge in [0.05, 0.1) is 16.4 Å². The van der Waals surface area contributed by atoms with Crippen LogP contribution in [0.25, 0.3) is 21.8 Å². The number of aromatic nitrogens is 4. The minimum atomic E-state index is -0.258. The number of aryl methyl sites for hydroxylation is 1. The van der Waals surface area contributed by atoms with Crippen LogP contribution in [0.5, 0.6) is 0 Å². The van der Waals surface area contributed by atoms with Crippen LogP contribution in [-0.4, -0.2) is 44.7 Å². The Hall–Kier alpha value is -2.77. The minimum Gasteiger partial charge on any atom is -0.310 e. The Morgan fingerprint density at radius 1 is 1.10 bits per heavy atom. The summed E-state index contributed by atoms with van der Waals surface area (Å²) in [5, 5.41) is 9.47. The van der Waals surface area contributed by atoms with Crippen LogP contribution in [0.1, 0.15) is 36.7 Å². The zero-order valence-corrected chi connectivity index (χ0v) is 17.8. The van der Waals surface area contributed by atoms with Gasteiger partial charge in [0, 0.05) is 34.5 Å². The van der Waals surface area contributed by atoms with Crippen LogP contribution in [0.3, 0.4) is 0 Å². The molecule has 5 rings (SSSR count). The Labute approximate surface area is 183 Å². The van der Waals surface area contributed by atoms with Crippen molar-refractivity contribution >= 4 is 33.4 Å². The van der Waals surface area contributed by atoms with Gasteiger partial charge in [-0.15, -0.1) is 0 Å². The molecule has 0 atom stereocenters. The van der Waals surface area contributed by atoms with Gasteiger partial charge < -0.3 is 9.88 Å². The molecule has 1 fully saturated rings. The van der Waals surface area contributed by atoms with Crippen molar-refractivity contribution in [1.29, 1.82) is 0 Å². The lowest BCUT2D eigenvalue weighted by molar-refractivity contribution is 0.209. The van der Waals surface area contributed by atoms with E-state index in [4.69, 9.17) is 11.6 Å². The van der Waals surface area contributed by atoms with E-state index in [1.807, 2.05) is 6.07 Å². The van der Waals surface area contributed by atoms with Crippen molar-refractivity contribution in [2.24, 2.45) is 0 Å². The van der Waals surface area contributed by atoms with Crippen LogP contribution in [0.4, 0.5) is 4.39 Å². The number of fused-ring (bicyclic) bond motifs is 2. The molecule has 1 aliphatic rings. The monoisotopic (exact) mass is 439 g/mol. The number of halogens is 2. The van der Waals surface area contributed by atoms with Crippen LogP contribution >= 0.6 is 11.6 Å². The summed E-state index contributed by atoms with van der Waals surface area (Å²) in [7, 11) is 0. The predicted octanol–water partition coefficient (Wildman–Crippen LogP) is 4.40. The van der Waals surface area contributed by atoms with E-state index in [0.717, 1.165) is 56.4 Å². The van der Waals surface area contributed by atoms with Crippen LogP contribution in [-0.2, 0) is 6.42 Å². The summed E-state index contributed by atoms with van der Waals surface area (Å²) in [5.41, 5.74) is 2.34. The number of aromatic amines is 2. The normalized spacial score (nSPS) is 15.8. The highest BCUT2D eigenvalue weighted by molar-refractivity contribution is 6.31. The molecular formula is C23H23ClFN5O. The number of hydrogen-bond acceptors (Lipinski definition) is 4. The number of rotatable bonds is 5. The summed E-state index contributed by atoms with van der Waals surface area (Å²) in [6, 6.07) is 9.98. The highest BCUT2D eigenvalue weighted by Gasteiger charge is 2.23. The standard InChI is InChI=1S/C23H23ClFN5O/c24-15-3-6-19-18(12-15)23(31)27-21(26-19)2-1-9-30-10-7-14(8-11-30)22-17-5-4-16(25)13-20(17)28-29-22/h3-6,12-14H,1-2,7-11H2,(H,28,29)(H,26,27,31). The molecule has 0 spiro atoms. The molecule has 4 aromatic rings. The molecule has 2 aromatic carbocycles. The van der Waals surface area contributed by atoms with Crippen molar-refractivity contribution in [3.05, 3.63) is 69.1 Å². The third-order valence-corrected chi connectivity index (χ3v) is 6.38. The molecule has 0 saturated carbocycles. The third kappa shape index (κ3) is 4.20. The molecule has 0 radical (unpaired) electrons. The first-order chi connectivity index (χ1) is 15.1. The number of hydrogen-bond donors (Lipinski definition) is 2. The summed E-state index contributed by atoms with van der Waals surface area (Å²) in [5.74, 6) is 0.870. The van der Waals surface area contributed by atoms with E-state index in [0.29, 0.717) is 33.2 Å². The quantitative estimate of drug-likeness (QED) is 0.483. The highest BCUT2D eigenvalue weighted by Crippen LogP contribution is 2.31. The first-order valence-electron chi connectivity index (χ1n) is 10.6. The van der Waals surface area contributed by atoms with Gasteiger partial charge in [0.15, 0.2) is 0 Å². The first-order valence-corrected chi connectivity index (χ1v) is 11.0.